The fraction of sp³-hybridized carbons (Fsp3) is 0.0909. The van der Waals surface area contributed by atoms with Crippen molar-refractivity contribution in [3.8, 4) is 0 Å². The number of allylic oxidation sites excluding steroid dienone is 9. The molecule has 0 heterocycles. The van der Waals surface area contributed by atoms with E-state index in [2.05, 4.69) is 37.0 Å². The van der Waals surface area contributed by atoms with E-state index in [1.165, 1.54) is 16.7 Å². The van der Waals surface area contributed by atoms with Crippen molar-refractivity contribution in [2.45, 2.75) is 6.42 Å². The summed E-state index contributed by atoms with van der Waals surface area (Å²) in [6.45, 7) is 3.99. The highest BCUT2D eigenvalue weighted by Gasteiger charge is 2.12. The van der Waals surface area contributed by atoms with Crippen LogP contribution >= 0.6 is 0 Å². The van der Waals surface area contributed by atoms with Crippen molar-refractivity contribution >= 4 is 0 Å². The van der Waals surface area contributed by atoms with Crippen LogP contribution in [0.5, 0.6) is 0 Å². The van der Waals surface area contributed by atoms with Gasteiger partial charge >= 0.3 is 0 Å². The molecule has 11 heavy (non-hydrogen) atoms. The molecule has 0 radical (unpaired) electrons. The predicted octanol–water partition coefficient (Wildman–Crippen LogP) is 2.93. The van der Waals surface area contributed by atoms with Crippen LogP contribution in [0.15, 0.2) is 59.8 Å². The van der Waals surface area contributed by atoms with Crippen molar-refractivity contribution in [3.63, 3.8) is 0 Å². The fourth-order valence-corrected chi connectivity index (χ4v) is 1.40. The Labute approximate surface area is 66.9 Å². The molecular formula is C11H10. The van der Waals surface area contributed by atoms with Gasteiger partial charge in [0.2, 0.25) is 0 Å². The maximum atomic E-state index is 3.99. The third-order valence-corrected chi connectivity index (χ3v) is 2.02. The summed E-state index contributed by atoms with van der Waals surface area (Å²) in [5, 5.41) is 0. The summed E-state index contributed by atoms with van der Waals surface area (Å²) in [4.78, 5) is 0. The molecule has 0 amide bonds. The number of hydrogen-bond donors (Lipinski definition) is 0. The first-order chi connectivity index (χ1) is 5.38. The Balaban J connectivity index is 2.49. The average molecular weight is 142 g/mol. The van der Waals surface area contributed by atoms with Gasteiger partial charge in [-0.1, -0.05) is 43.0 Å². The van der Waals surface area contributed by atoms with Crippen molar-refractivity contribution in [2.75, 3.05) is 0 Å². The summed E-state index contributed by atoms with van der Waals surface area (Å²) in [5.41, 5.74) is 3.85. The first kappa shape index (κ1) is 6.41. The molecule has 2 aliphatic carbocycles. The third kappa shape index (κ3) is 1.01. The molecule has 2 aliphatic rings. The van der Waals surface area contributed by atoms with Crippen molar-refractivity contribution in [3.05, 3.63) is 59.8 Å². The van der Waals surface area contributed by atoms with Gasteiger partial charge < -0.3 is 0 Å². The summed E-state index contributed by atoms with van der Waals surface area (Å²) in [6.07, 6.45) is 13.7. The van der Waals surface area contributed by atoms with Crippen LogP contribution in [0.25, 0.3) is 0 Å². The molecule has 0 saturated heterocycles. The van der Waals surface area contributed by atoms with Crippen LogP contribution in [0.4, 0.5) is 0 Å². The molecule has 2 rings (SSSR count). The second kappa shape index (κ2) is 2.39. The maximum Gasteiger partial charge on any atom is -0.00880 e. The molecule has 54 valence electrons. The number of fused-ring (bicyclic) bond motifs is 1. The van der Waals surface area contributed by atoms with Gasteiger partial charge in [-0.3, -0.25) is 0 Å². The molecule has 0 heteroatoms. The van der Waals surface area contributed by atoms with Crippen LogP contribution in [-0.2, 0) is 0 Å². The molecule has 0 fully saturated rings. The van der Waals surface area contributed by atoms with Crippen LogP contribution in [0.2, 0.25) is 0 Å². The standard InChI is InChI=1S/C11H10/c1-9-7-8-10-5-3-2-4-6-11(9)10/h2-6,8H,1,7H2. The smallest absolute Gasteiger partial charge is 0.00880 e. The minimum absolute atomic E-state index is 1.01. The molecule has 0 aromatic heterocycles. The van der Waals surface area contributed by atoms with E-state index in [0.717, 1.165) is 6.42 Å². The summed E-state index contributed by atoms with van der Waals surface area (Å²) in [5.74, 6) is 0. The van der Waals surface area contributed by atoms with E-state index in [0.29, 0.717) is 0 Å². The minimum Gasteiger partial charge on any atom is -0.0949 e. The van der Waals surface area contributed by atoms with E-state index in [1.54, 1.807) is 0 Å². The quantitative estimate of drug-likeness (QED) is 0.488. The highest BCUT2D eigenvalue weighted by atomic mass is 14.2. The summed E-state index contributed by atoms with van der Waals surface area (Å²) in [6, 6.07) is 0. The number of rotatable bonds is 0. The van der Waals surface area contributed by atoms with Gasteiger partial charge in [0, 0.05) is 0 Å². The molecule has 0 spiro atoms. The number of hydrogen-bond acceptors (Lipinski definition) is 0. The van der Waals surface area contributed by atoms with E-state index in [1.807, 2.05) is 6.08 Å². The SMILES string of the molecule is C=C1CC=C2C=CC=CC=C12. The van der Waals surface area contributed by atoms with Gasteiger partial charge in [-0.15, -0.1) is 0 Å². The molecule has 0 aliphatic heterocycles. The summed E-state index contributed by atoms with van der Waals surface area (Å²) in [7, 11) is 0. The molecule has 0 N–H and O–H groups in total. The van der Waals surface area contributed by atoms with Gasteiger partial charge in [-0.05, 0) is 23.1 Å². The first-order valence-corrected chi connectivity index (χ1v) is 3.81. The van der Waals surface area contributed by atoms with E-state index in [9.17, 15) is 0 Å². The summed E-state index contributed by atoms with van der Waals surface area (Å²) < 4.78 is 0. The van der Waals surface area contributed by atoms with Crippen molar-refractivity contribution in [1.29, 1.82) is 0 Å². The van der Waals surface area contributed by atoms with Gasteiger partial charge in [-0.25, -0.2) is 0 Å². The molecule has 0 saturated carbocycles. The van der Waals surface area contributed by atoms with Gasteiger partial charge in [0.25, 0.3) is 0 Å². The lowest BCUT2D eigenvalue weighted by Crippen LogP contribution is -1.79. The Bertz CT molecular complexity index is 309. The van der Waals surface area contributed by atoms with Crippen LogP contribution in [0.3, 0.4) is 0 Å². The fourth-order valence-electron chi connectivity index (χ4n) is 1.40. The van der Waals surface area contributed by atoms with Crippen LogP contribution in [0.1, 0.15) is 6.42 Å². The highest BCUT2D eigenvalue weighted by Crippen LogP contribution is 2.30. The molecule has 0 nitrogen and oxygen atoms in total. The van der Waals surface area contributed by atoms with Gasteiger partial charge in [0.15, 0.2) is 0 Å². The molecule has 0 atom stereocenters. The van der Waals surface area contributed by atoms with Gasteiger partial charge in [-0.2, -0.15) is 0 Å². The third-order valence-electron chi connectivity index (χ3n) is 2.02. The van der Waals surface area contributed by atoms with Gasteiger partial charge in [0.05, 0.1) is 0 Å². The van der Waals surface area contributed by atoms with E-state index >= 15 is 0 Å². The average Bonchev–Trinajstić information content (AvgIpc) is 2.25. The van der Waals surface area contributed by atoms with Crippen molar-refractivity contribution in [1.82, 2.24) is 0 Å². The molecule has 0 unspecified atom stereocenters. The topological polar surface area (TPSA) is 0 Å². The molecule has 0 aromatic rings. The molecular weight excluding hydrogens is 132 g/mol. The Morgan fingerprint density at radius 2 is 2.09 bits per heavy atom. The zero-order chi connectivity index (χ0) is 7.68. The minimum atomic E-state index is 1.01. The Hall–Kier alpha value is -1.30. The maximum absolute atomic E-state index is 3.99. The molecule has 0 aromatic carbocycles. The van der Waals surface area contributed by atoms with Crippen LogP contribution < -0.4 is 0 Å². The normalized spacial score (nSPS) is 20.9. The van der Waals surface area contributed by atoms with Crippen molar-refractivity contribution in [2.24, 2.45) is 0 Å². The Kier molecular flexibility index (Phi) is 1.39. The lowest BCUT2D eigenvalue weighted by molar-refractivity contribution is 1.34. The Morgan fingerprint density at radius 3 is 3.00 bits per heavy atom. The summed E-state index contributed by atoms with van der Waals surface area (Å²) >= 11 is 0. The van der Waals surface area contributed by atoms with E-state index in [4.69, 9.17) is 0 Å². The molecule has 0 bridgehead atoms. The van der Waals surface area contributed by atoms with Crippen molar-refractivity contribution < 1.29 is 0 Å². The first-order valence-electron chi connectivity index (χ1n) is 3.81. The zero-order valence-corrected chi connectivity index (χ0v) is 6.38. The highest BCUT2D eigenvalue weighted by molar-refractivity contribution is 5.59. The van der Waals surface area contributed by atoms with E-state index in [-0.39, 0.29) is 0 Å². The monoisotopic (exact) mass is 142 g/mol. The van der Waals surface area contributed by atoms with Crippen LogP contribution in [-0.4, -0.2) is 0 Å². The second-order valence-corrected chi connectivity index (χ2v) is 2.79. The lowest BCUT2D eigenvalue weighted by Gasteiger charge is -1.98. The Morgan fingerprint density at radius 1 is 1.18 bits per heavy atom. The van der Waals surface area contributed by atoms with E-state index < -0.39 is 0 Å². The predicted molar refractivity (Wildman–Crippen MR) is 48.2 cm³/mol. The van der Waals surface area contributed by atoms with Crippen LogP contribution in [0, 0.1) is 0 Å². The second-order valence-electron chi connectivity index (χ2n) is 2.79. The lowest BCUT2D eigenvalue weighted by atomic mass is 10.1. The van der Waals surface area contributed by atoms with Gasteiger partial charge in [0.1, 0.15) is 0 Å². The largest absolute Gasteiger partial charge is 0.0949 e. The zero-order valence-electron chi connectivity index (χ0n) is 6.38.